The van der Waals surface area contributed by atoms with Gasteiger partial charge in [0.05, 0.1) is 30.2 Å². The zero-order valence-corrected chi connectivity index (χ0v) is 18.8. The van der Waals surface area contributed by atoms with Gasteiger partial charge in [-0.25, -0.2) is 9.18 Å². The molecular formula is C22H19ClFNO6S. The number of ether oxygens (including phenoxy) is 3. The molecule has 0 N–H and O–H groups in total. The van der Waals surface area contributed by atoms with Crippen molar-refractivity contribution in [1.29, 1.82) is 0 Å². The van der Waals surface area contributed by atoms with E-state index in [4.69, 9.17) is 25.8 Å². The lowest BCUT2D eigenvalue weighted by Crippen LogP contribution is -2.27. The molecule has 0 saturated carbocycles. The number of imide groups is 1. The Balaban J connectivity index is 1.81. The van der Waals surface area contributed by atoms with Crippen LogP contribution in [-0.4, -0.2) is 42.3 Å². The number of rotatable bonds is 8. The van der Waals surface area contributed by atoms with Gasteiger partial charge in [-0.15, -0.1) is 0 Å². The first kappa shape index (κ1) is 23.6. The summed E-state index contributed by atoms with van der Waals surface area (Å²) >= 11 is 7.03. The molecule has 1 fully saturated rings. The number of hydrogen-bond donors (Lipinski definition) is 0. The number of hydrogen-bond acceptors (Lipinski definition) is 7. The highest BCUT2D eigenvalue weighted by Crippen LogP contribution is 2.39. The van der Waals surface area contributed by atoms with Crippen LogP contribution in [0.15, 0.2) is 41.3 Å². The van der Waals surface area contributed by atoms with Crippen molar-refractivity contribution >= 4 is 46.6 Å². The van der Waals surface area contributed by atoms with Crippen LogP contribution in [0.2, 0.25) is 5.02 Å². The summed E-state index contributed by atoms with van der Waals surface area (Å²) in [7, 11) is 1.40. The lowest BCUT2D eigenvalue weighted by Gasteiger charge is -2.13. The molecule has 168 valence electrons. The number of methoxy groups -OCH3 is 1. The summed E-state index contributed by atoms with van der Waals surface area (Å²) in [5.74, 6) is -1.21. The maximum absolute atomic E-state index is 13.9. The third-order valence-corrected chi connectivity index (χ3v) is 5.54. The molecule has 0 unspecified atom stereocenters. The van der Waals surface area contributed by atoms with Gasteiger partial charge in [0.15, 0.2) is 18.1 Å². The van der Waals surface area contributed by atoms with Gasteiger partial charge in [0.1, 0.15) is 5.82 Å². The number of thioether (sulfide) groups is 1. The fourth-order valence-electron chi connectivity index (χ4n) is 2.88. The zero-order valence-electron chi connectivity index (χ0n) is 17.2. The Morgan fingerprint density at radius 3 is 2.69 bits per heavy atom. The molecule has 10 heteroatoms. The largest absolute Gasteiger partial charge is 0.493 e. The first-order valence-electron chi connectivity index (χ1n) is 9.48. The quantitative estimate of drug-likeness (QED) is 0.402. The van der Waals surface area contributed by atoms with Gasteiger partial charge in [0, 0.05) is 5.56 Å². The van der Waals surface area contributed by atoms with Crippen molar-refractivity contribution in [2.75, 3.05) is 20.3 Å². The summed E-state index contributed by atoms with van der Waals surface area (Å²) < 4.78 is 29.4. The Hall–Kier alpha value is -3.04. The Bertz CT molecular complexity index is 1090. The molecule has 0 aromatic heterocycles. The molecule has 1 heterocycles. The van der Waals surface area contributed by atoms with Crippen LogP contribution in [0.25, 0.3) is 6.08 Å². The second kappa shape index (κ2) is 10.5. The molecule has 0 radical (unpaired) electrons. The molecule has 0 spiro atoms. The number of halogens is 2. The van der Waals surface area contributed by atoms with Crippen LogP contribution in [0.3, 0.4) is 0 Å². The van der Waals surface area contributed by atoms with Crippen molar-refractivity contribution in [1.82, 2.24) is 4.90 Å². The van der Waals surface area contributed by atoms with Gasteiger partial charge >= 0.3 is 5.97 Å². The highest BCUT2D eigenvalue weighted by molar-refractivity contribution is 8.18. The average molecular weight is 480 g/mol. The normalized spacial score (nSPS) is 14.8. The van der Waals surface area contributed by atoms with Crippen molar-refractivity contribution in [2.45, 2.75) is 13.5 Å². The molecule has 2 amide bonds. The van der Waals surface area contributed by atoms with Crippen LogP contribution in [0, 0.1) is 5.82 Å². The summed E-state index contributed by atoms with van der Waals surface area (Å²) in [5.41, 5.74) is 0.718. The van der Waals surface area contributed by atoms with E-state index in [2.05, 4.69) is 0 Å². The fraction of sp³-hybridized carbons (Fsp3) is 0.227. The van der Waals surface area contributed by atoms with E-state index in [0.29, 0.717) is 5.56 Å². The number of carbonyl (C=O) groups excluding carboxylic acids is 3. The second-order valence-corrected chi connectivity index (χ2v) is 7.89. The third kappa shape index (κ3) is 5.41. The van der Waals surface area contributed by atoms with Crippen molar-refractivity contribution in [3.05, 3.63) is 63.3 Å². The van der Waals surface area contributed by atoms with E-state index in [1.54, 1.807) is 19.1 Å². The SMILES string of the molecule is CCOC(=O)COc1c(Cl)cc(/C=C2\SC(=O)N(Cc3ccccc3F)C2=O)cc1OC. The van der Waals surface area contributed by atoms with Crippen LogP contribution in [0.5, 0.6) is 11.5 Å². The van der Waals surface area contributed by atoms with Gasteiger partial charge in [0.2, 0.25) is 0 Å². The Kier molecular flexibility index (Phi) is 7.76. The minimum atomic E-state index is -0.557. The van der Waals surface area contributed by atoms with E-state index in [1.807, 2.05) is 0 Å². The molecule has 7 nitrogen and oxygen atoms in total. The molecule has 1 saturated heterocycles. The van der Waals surface area contributed by atoms with Gasteiger partial charge in [-0.05, 0) is 48.5 Å². The monoisotopic (exact) mass is 479 g/mol. The van der Waals surface area contributed by atoms with Gasteiger partial charge < -0.3 is 14.2 Å². The highest BCUT2D eigenvalue weighted by atomic mass is 35.5. The molecule has 2 aromatic rings. The van der Waals surface area contributed by atoms with Crippen LogP contribution < -0.4 is 9.47 Å². The summed E-state index contributed by atoms with van der Waals surface area (Å²) in [5, 5.41) is -0.359. The third-order valence-electron chi connectivity index (χ3n) is 4.35. The Labute approximate surface area is 193 Å². The smallest absolute Gasteiger partial charge is 0.344 e. The van der Waals surface area contributed by atoms with Crippen molar-refractivity contribution < 1.29 is 33.0 Å². The van der Waals surface area contributed by atoms with E-state index in [-0.39, 0.29) is 46.7 Å². The molecule has 3 rings (SSSR count). The van der Waals surface area contributed by atoms with E-state index in [9.17, 15) is 18.8 Å². The minimum Gasteiger partial charge on any atom is -0.493 e. The molecular weight excluding hydrogens is 461 g/mol. The summed E-state index contributed by atoms with van der Waals surface area (Å²) in [4.78, 5) is 37.7. The second-order valence-electron chi connectivity index (χ2n) is 6.49. The van der Waals surface area contributed by atoms with E-state index in [0.717, 1.165) is 16.7 Å². The van der Waals surface area contributed by atoms with E-state index >= 15 is 0 Å². The number of esters is 1. The van der Waals surface area contributed by atoms with Crippen molar-refractivity contribution in [2.24, 2.45) is 0 Å². The summed E-state index contributed by atoms with van der Waals surface area (Å²) in [6.07, 6.45) is 1.48. The van der Waals surface area contributed by atoms with Gasteiger partial charge in [-0.3, -0.25) is 14.5 Å². The van der Waals surface area contributed by atoms with Gasteiger partial charge in [0.25, 0.3) is 11.1 Å². The molecule has 0 aliphatic carbocycles. The number of benzene rings is 2. The van der Waals surface area contributed by atoms with Crippen molar-refractivity contribution in [3.63, 3.8) is 0 Å². The Morgan fingerprint density at radius 2 is 2.00 bits per heavy atom. The highest BCUT2D eigenvalue weighted by Gasteiger charge is 2.35. The van der Waals surface area contributed by atoms with E-state index in [1.165, 1.54) is 37.5 Å². The van der Waals surface area contributed by atoms with Gasteiger partial charge in [-0.2, -0.15) is 0 Å². The lowest BCUT2D eigenvalue weighted by atomic mass is 10.1. The predicted octanol–water partition coefficient (Wildman–Crippen LogP) is 4.67. The first-order chi connectivity index (χ1) is 15.3. The maximum Gasteiger partial charge on any atom is 0.344 e. The number of nitrogens with zero attached hydrogens (tertiary/aromatic N) is 1. The minimum absolute atomic E-state index is 0.144. The molecule has 0 bridgehead atoms. The van der Waals surface area contributed by atoms with E-state index < -0.39 is 22.9 Å². The molecule has 1 aliphatic heterocycles. The molecule has 32 heavy (non-hydrogen) atoms. The standard InChI is InChI=1S/C22H19ClFNO6S/c1-3-30-19(26)12-31-20-15(23)8-13(9-17(20)29-2)10-18-21(27)25(22(28)32-18)11-14-6-4-5-7-16(14)24/h4-10H,3,11-12H2,1-2H3/b18-10-. The number of amides is 2. The summed E-state index contributed by atoms with van der Waals surface area (Å²) in [6.45, 7) is 1.38. The molecule has 0 atom stereocenters. The van der Waals surface area contributed by atoms with Crippen molar-refractivity contribution in [3.8, 4) is 11.5 Å². The van der Waals surface area contributed by atoms with Crippen LogP contribution in [0.4, 0.5) is 9.18 Å². The van der Waals surface area contributed by atoms with Gasteiger partial charge in [-0.1, -0.05) is 29.8 Å². The Morgan fingerprint density at radius 1 is 1.25 bits per heavy atom. The van der Waals surface area contributed by atoms with Crippen LogP contribution in [-0.2, 0) is 20.9 Å². The number of carbonyl (C=O) groups is 3. The molecule has 1 aliphatic rings. The van der Waals surface area contributed by atoms with Crippen LogP contribution >= 0.6 is 23.4 Å². The van der Waals surface area contributed by atoms with Crippen LogP contribution in [0.1, 0.15) is 18.1 Å². The predicted molar refractivity (Wildman–Crippen MR) is 118 cm³/mol. The topological polar surface area (TPSA) is 82.1 Å². The lowest BCUT2D eigenvalue weighted by molar-refractivity contribution is -0.145. The fourth-order valence-corrected chi connectivity index (χ4v) is 3.99. The first-order valence-corrected chi connectivity index (χ1v) is 10.7. The summed E-state index contributed by atoms with van der Waals surface area (Å²) in [6, 6.07) is 9.01. The molecule has 2 aromatic carbocycles. The maximum atomic E-state index is 13.9. The zero-order chi connectivity index (χ0) is 23.3. The average Bonchev–Trinajstić information content (AvgIpc) is 3.01.